The number of aliphatic hydroxyl groups excluding tert-OH is 1. The second-order valence-electron chi connectivity index (χ2n) is 6.33. The summed E-state index contributed by atoms with van der Waals surface area (Å²) in [6, 6.07) is 23.9. The second kappa shape index (κ2) is 6.02. The summed E-state index contributed by atoms with van der Waals surface area (Å²) in [5.74, 6) is 0. The zero-order chi connectivity index (χ0) is 15.6. The first-order valence-corrected chi connectivity index (χ1v) is 8.18. The normalized spacial score (nSPS) is 13.1. The van der Waals surface area contributed by atoms with Gasteiger partial charge in [-0.05, 0) is 58.2 Å². The molecule has 0 bridgehead atoms. The summed E-state index contributed by atoms with van der Waals surface area (Å²) in [5.41, 5.74) is 9.31. The molecule has 1 aliphatic rings. The minimum absolute atomic E-state index is 0.103. The Morgan fingerprint density at radius 3 is 1.48 bits per heavy atom. The topological polar surface area (TPSA) is 20.2 Å². The Morgan fingerprint density at radius 1 is 0.565 bits per heavy atom. The Balaban J connectivity index is 1.92. The van der Waals surface area contributed by atoms with Gasteiger partial charge in [0.1, 0.15) is 0 Å². The molecule has 4 rings (SSSR count). The van der Waals surface area contributed by atoms with Crippen LogP contribution in [0.15, 0.2) is 66.7 Å². The highest BCUT2D eigenvalue weighted by Gasteiger charge is 2.14. The summed E-state index contributed by atoms with van der Waals surface area (Å²) < 4.78 is 0. The molecule has 0 saturated carbocycles. The Labute approximate surface area is 137 Å². The van der Waals surface area contributed by atoms with E-state index in [-0.39, 0.29) is 6.61 Å². The van der Waals surface area contributed by atoms with Crippen molar-refractivity contribution in [2.75, 3.05) is 0 Å². The van der Waals surface area contributed by atoms with Crippen molar-refractivity contribution >= 4 is 0 Å². The van der Waals surface area contributed by atoms with Crippen LogP contribution in [0.2, 0.25) is 0 Å². The highest BCUT2D eigenvalue weighted by Crippen LogP contribution is 2.27. The van der Waals surface area contributed by atoms with Crippen molar-refractivity contribution in [3.63, 3.8) is 0 Å². The maximum absolute atomic E-state index is 9.47. The molecule has 0 aliphatic heterocycles. The van der Waals surface area contributed by atoms with Crippen LogP contribution in [0.25, 0.3) is 0 Å². The van der Waals surface area contributed by atoms with E-state index in [4.69, 9.17) is 0 Å². The number of hydrogen-bond acceptors (Lipinski definition) is 1. The van der Waals surface area contributed by atoms with Crippen molar-refractivity contribution in [2.24, 2.45) is 0 Å². The fourth-order valence-corrected chi connectivity index (χ4v) is 3.53. The first kappa shape index (κ1) is 14.2. The van der Waals surface area contributed by atoms with Crippen LogP contribution in [0.4, 0.5) is 0 Å². The van der Waals surface area contributed by atoms with E-state index >= 15 is 0 Å². The van der Waals surface area contributed by atoms with E-state index in [0.717, 1.165) is 24.8 Å². The molecule has 1 aliphatic carbocycles. The molecule has 0 radical (unpaired) electrons. The third-order valence-corrected chi connectivity index (χ3v) is 4.83. The van der Waals surface area contributed by atoms with E-state index in [1.165, 1.54) is 33.4 Å². The van der Waals surface area contributed by atoms with Gasteiger partial charge in [-0.2, -0.15) is 0 Å². The van der Waals surface area contributed by atoms with E-state index in [1.807, 2.05) is 6.07 Å². The van der Waals surface area contributed by atoms with Gasteiger partial charge >= 0.3 is 0 Å². The molecular formula is C22H20O. The van der Waals surface area contributed by atoms with Crippen LogP contribution >= 0.6 is 0 Å². The van der Waals surface area contributed by atoms with Crippen molar-refractivity contribution in [2.45, 2.75) is 25.9 Å². The van der Waals surface area contributed by atoms with Crippen LogP contribution in [-0.4, -0.2) is 5.11 Å². The Bertz CT molecular complexity index is 842. The zero-order valence-electron chi connectivity index (χ0n) is 13.1. The quantitative estimate of drug-likeness (QED) is 0.557. The van der Waals surface area contributed by atoms with Crippen LogP contribution in [0, 0.1) is 0 Å². The van der Waals surface area contributed by atoms with Gasteiger partial charge in [0.25, 0.3) is 0 Å². The van der Waals surface area contributed by atoms with Gasteiger partial charge in [0.05, 0.1) is 6.61 Å². The van der Waals surface area contributed by atoms with Gasteiger partial charge in [-0.15, -0.1) is 0 Å². The second-order valence-corrected chi connectivity index (χ2v) is 6.33. The summed E-state index contributed by atoms with van der Waals surface area (Å²) in [7, 11) is 0. The highest BCUT2D eigenvalue weighted by atomic mass is 16.3. The predicted octanol–water partition coefficient (Wildman–Crippen LogP) is 4.26. The fraction of sp³-hybridized carbons (Fsp3) is 0.182. The molecule has 23 heavy (non-hydrogen) atoms. The molecule has 0 unspecified atom stereocenters. The lowest BCUT2D eigenvalue weighted by atomic mass is 9.93. The SMILES string of the molecule is OCc1ccc2c(c1)Cc1ccccc1Cc1ccccc1C2. The van der Waals surface area contributed by atoms with Gasteiger partial charge in [-0.1, -0.05) is 66.7 Å². The average Bonchev–Trinajstić information content (AvgIpc) is 2.65. The van der Waals surface area contributed by atoms with Crippen LogP contribution in [0.1, 0.15) is 38.9 Å². The number of aliphatic hydroxyl groups is 1. The van der Waals surface area contributed by atoms with E-state index in [1.54, 1.807) is 0 Å². The van der Waals surface area contributed by atoms with Crippen LogP contribution in [0.5, 0.6) is 0 Å². The standard InChI is InChI=1S/C22H20O/c23-15-16-9-10-21-13-19-7-2-1-5-17(19)12-18-6-3-4-8-20(18)14-22(21)11-16/h1-11,23H,12-15H2. The third kappa shape index (κ3) is 2.80. The number of hydrogen-bond donors (Lipinski definition) is 1. The van der Waals surface area contributed by atoms with E-state index in [9.17, 15) is 5.11 Å². The summed E-state index contributed by atoms with van der Waals surface area (Å²) in [6.07, 6.45) is 2.89. The minimum atomic E-state index is 0.103. The monoisotopic (exact) mass is 300 g/mol. The summed E-state index contributed by atoms with van der Waals surface area (Å²) >= 11 is 0. The molecule has 1 nitrogen and oxygen atoms in total. The molecule has 0 aromatic heterocycles. The molecule has 1 N–H and O–H groups in total. The van der Waals surface area contributed by atoms with E-state index in [0.29, 0.717) is 0 Å². The lowest BCUT2D eigenvalue weighted by Crippen LogP contribution is -1.99. The minimum Gasteiger partial charge on any atom is -0.392 e. The maximum atomic E-state index is 9.47. The first-order valence-electron chi connectivity index (χ1n) is 8.18. The summed E-state index contributed by atoms with van der Waals surface area (Å²) in [6.45, 7) is 0.103. The molecule has 0 spiro atoms. The van der Waals surface area contributed by atoms with Crippen molar-refractivity contribution in [1.82, 2.24) is 0 Å². The smallest absolute Gasteiger partial charge is 0.0681 e. The van der Waals surface area contributed by atoms with Crippen LogP contribution in [0.3, 0.4) is 0 Å². The van der Waals surface area contributed by atoms with Gasteiger partial charge in [0.15, 0.2) is 0 Å². The lowest BCUT2D eigenvalue weighted by molar-refractivity contribution is 0.281. The van der Waals surface area contributed by atoms with Crippen molar-refractivity contribution < 1.29 is 5.11 Å². The number of fused-ring (bicyclic) bond motifs is 3. The molecule has 3 aromatic rings. The van der Waals surface area contributed by atoms with Gasteiger partial charge in [-0.3, -0.25) is 0 Å². The fourth-order valence-electron chi connectivity index (χ4n) is 3.53. The van der Waals surface area contributed by atoms with Gasteiger partial charge in [0.2, 0.25) is 0 Å². The first-order chi connectivity index (χ1) is 11.3. The van der Waals surface area contributed by atoms with Crippen molar-refractivity contribution in [3.8, 4) is 0 Å². The molecule has 0 amide bonds. The molecule has 1 heteroatoms. The largest absolute Gasteiger partial charge is 0.392 e. The maximum Gasteiger partial charge on any atom is 0.0681 e. The number of benzene rings is 3. The van der Waals surface area contributed by atoms with Crippen molar-refractivity contribution in [1.29, 1.82) is 0 Å². The molecule has 0 heterocycles. The van der Waals surface area contributed by atoms with Gasteiger partial charge in [0, 0.05) is 0 Å². The summed E-state index contributed by atoms with van der Waals surface area (Å²) in [5, 5.41) is 9.47. The molecule has 0 saturated heterocycles. The van der Waals surface area contributed by atoms with E-state index < -0.39 is 0 Å². The Hall–Kier alpha value is -2.38. The molecule has 114 valence electrons. The molecular weight excluding hydrogens is 280 g/mol. The van der Waals surface area contributed by atoms with Crippen LogP contribution < -0.4 is 0 Å². The number of rotatable bonds is 1. The summed E-state index contributed by atoms with van der Waals surface area (Å²) in [4.78, 5) is 0. The highest BCUT2D eigenvalue weighted by molar-refractivity contribution is 5.46. The average molecular weight is 300 g/mol. The molecule has 0 fully saturated rings. The lowest BCUT2D eigenvalue weighted by Gasteiger charge is -2.12. The van der Waals surface area contributed by atoms with Gasteiger partial charge in [-0.25, -0.2) is 0 Å². The van der Waals surface area contributed by atoms with Gasteiger partial charge < -0.3 is 5.11 Å². The third-order valence-electron chi connectivity index (χ3n) is 4.83. The molecule has 3 aromatic carbocycles. The zero-order valence-corrected chi connectivity index (χ0v) is 13.1. The Kier molecular flexibility index (Phi) is 3.72. The molecule has 0 atom stereocenters. The van der Waals surface area contributed by atoms with Crippen LogP contribution in [-0.2, 0) is 25.9 Å². The van der Waals surface area contributed by atoms with E-state index in [2.05, 4.69) is 60.7 Å². The van der Waals surface area contributed by atoms with Crippen molar-refractivity contribution in [3.05, 3.63) is 106 Å². The Morgan fingerprint density at radius 2 is 1.00 bits per heavy atom. The predicted molar refractivity (Wildman–Crippen MR) is 93.7 cm³/mol.